The van der Waals surface area contributed by atoms with Crippen molar-refractivity contribution in [3.8, 4) is 0 Å². The summed E-state index contributed by atoms with van der Waals surface area (Å²) in [6, 6.07) is 0. The largest absolute Gasteiger partial charge is 0.495 e. The molecule has 0 radical (unpaired) electrons. The van der Waals surface area contributed by atoms with E-state index < -0.39 is 11.7 Å². The smallest absolute Gasteiger partial charge is 0.356 e. The molecular weight excluding hydrogens is 148 g/mol. The van der Waals surface area contributed by atoms with Crippen LogP contribution < -0.4 is 5.32 Å². The molecule has 0 amide bonds. The first-order valence-electron chi connectivity index (χ1n) is 2.87. The zero-order valence-electron chi connectivity index (χ0n) is 6.34. The number of aliphatic hydroxyl groups is 1. The highest BCUT2D eigenvalue weighted by molar-refractivity contribution is 6.39. The monoisotopic (exact) mass is 158 g/mol. The summed E-state index contributed by atoms with van der Waals surface area (Å²) in [6.45, 7) is 0. The van der Waals surface area contributed by atoms with Crippen molar-refractivity contribution < 1.29 is 14.6 Å². The summed E-state index contributed by atoms with van der Waals surface area (Å²) in [4.78, 5) is 10.5. The summed E-state index contributed by atoms with van der Waals surface area (Å²) in [5.74, 6) is -1.03. The van der Waals surface area contributed by atoms with Crippen LogP contribution in [-0.4, -0.2) is 30.9 Å². The third kappa shape index (κ3) is 3.24. The van der Waals surface area contributed by atoms with Crippen molar-refractivity contribution in [3.05, 3.63) is 12.0 Å². The van der Waals surface area contributed by atoms with E-state index >= 15 is 0 Å². The SMILES string of the molecule is CN/C(O)=C\C(=N)C(=O)OC. The lowest BCUT2D eigenvalue weighted by Crippen LogP contribution is -2.15. The fourth-order valence-electron chi connectivity index (χ4n) is 0.378. The molecular formula is C6H10N2O3. The van der Waals surface area contributed by atoms with Gasteiger partial charge in [0.1, 0.15) is 5.71 Å². The summed E-state index contributed by atoms with van der Waals surface area (Å²) in [6.07, 6.45) is 0.964. The van der Waals surface area contributed by atoms with Crippen molar-refractivity contribution in [1.29, 1.82) is 5.41 Å². The number of hydrogen-bond donors (Lipinski definition) is 3. The number of esters is 1. The number of rotatable bonds is 3. The van der Waals surface area contributed by atoms with Gasteiger partial charge in [0.2, 0.25) is 0 Å². The van der Waals surface area contributed by atoms with Gasteiger partial charge in [-0.2, -0.15) is 0 Å². The van der Waals surface area contributed by atoms with Crippen molar-refractivity contribution in [2.75, 3.05) is 14.2 Å². The second-order valence-electron chi connectivity index (χ2n) is 1.68. The fraction of sp³-hybridized carbons (Fsp3) is 0.333. The van der Waals surface area contributed by atoms with Crippen LogP contribution in [0.15, 0.2) is 12.0 Å². The first-order chi connectivity index (χ1) is 5.11. The van der Waals surface area contributed by atoms with Gasteiger partial charge in [0.25, 0.3) is 0 Å². The maximum Gasteiger partial charge on any atom is 0.356 e. The molecule has 0 bridgehead atoms. The zero-order chi connectivity index (χ0) is 8.85. The summed E-state index contributed by atoms with van der Waals surface area (Å²) < 4.78 is 4.21. The predicted octanol–water partition coefficient (Wildman–Crippen LogP) is -0.202. The molecule has 0 saturated carbocycles. The van der Waals surface area contributed by atoms with E-state index in [0.717, 1.165) is 6.08 Å². The second kappa shape index (κ2) is 4.32. The van der Waals surface area contributed by atoms with Gasteiger partial charge in [-0.15, -0.1) is 0 Å². The molecule has 0 saturated heterocycles. The van der Waals surface area contributed by atoms with E-state index in [4.69, 9.17) is 10.5 Å². The third-order valence-electron chi connectivity index (χ3n) is 0.943. The Hall–Kier alpha value is -1.52. The van der Waals surface area contributed by atoms with Gasteiger partial charge >= 0.3 is 5.97 Å². The van der Waals surface area contributed by atoms with Crippen molar-refractivity contribution in [2.24, 2.45) is 0 Å². The minimum absolute atomic E-state index is 0.250. The maximum atomic E-state index is 10.5. The van der Waals surface area contributed by atoms with Crippen molar-refractivity contribution in [3.63, 3.8) is 0 Å². The molecule has 0 atom stereocenters. The topological polar surface area (TPSA) is 82.4 Å². The van der Waals surface area contributed by atoms with E-state index in [9.17, 15) is 4.79 Å². The van der Waals surface area contributed by atoms with Crippen molar-refractivity contribution in [1.82, 2.24) is 5.32 Å². The standard InChI is InChI=1S/C6H10N2O3/c1-8-5(9)3-4(7)6(10)11-2/h3,7-9H,1-2H3/b5-3+,7-4?. The number of carbonyl (C=O) groups is 1. The molecule has 0 heterocycles. The molecule has 0 unspecified atom stereocenters. The quantitative estimate of drug-likeness (QED) is 0.302. The molecule has 11 heavy (non-hydrogen) atoms. The van der Waals surface area contributed by atoms with Crippen LogP contribution in [0.25, 0.3) is 0 Å². The summed E-state index contributed by atoms with van der Waals surface area (Å²) in [5.41, 5.74) is -0.403. The molecule has 0 aliphatic rings. The van der Waals surface area contributed by atoms with E-state index in [-0.39, 0.29) is 5.88 Å². The lowest BCUT2D eigenvalue weighted by Gasteiger charge is -1.97. The van der Waals surface area contributed by atoms with Crippen LogP contribution in [0.1, 0.15) is 0 Å². The Labute approximate surface area is 64.2 Å². The molecule has 0 spiro atoms. The summed E-state index contributed by atoms with van der Waals surface area (Å²) in [7, 11) is 2.64. The average Bonchev–Trinajstić information content (AvgIpc) is 2.02. The van der Waals surface area contributed by atoms with E-state index in [1.807, 2.05) is 0 Å². The van der Waals surface area contributed by atoms with Crippen LogP contribution >= 0.6 is 0 Å². The molecule has 0 aliphatic heterocycles. The molecule has 0 aromatic carbocycles. The molecule has 5 heteroatoms. The van der Waals surface area contributed by atoms with Crippen LogP contribution in [0.5, 0.6) is 0 Å². The molecule has 5 nitrogen and oxygen atoms in total. The average molecular weight is 158 g/mol. The molecule has 0 aromatic heterocycles. The number of methoxy groups -OCH3 is 1. The van der Waals surface area contributed by atoms with E-state index in [1.165, 1.54) is 14.2 Å². The van der Waals surface area contributed by atoms with E-state index in [0.29, 0.717) is 0 Å². The van der Waals surface area contributed by atoms with Gasteiger partial charge in [0, 0.05) is 13.1 Å². The Morgan fingerprint density at radius 3 is 2.64 bits per heavy atom. The van der Waals surface area contributed by atoms with Gasteiger partial charge in [0.15, 0.2) is 5.88 Å². The summed E-state index contributed by atoms with van der Waals surface area (Å²) >= 11 is 0. The Bertz CT molecular complexity index is 198. The van der Waals surface area contributed by atoms with Crippen LogP contribution in [0, 0.1) is 5.41 Å². The van der Waals surface area contributed by atoms with E-state index in [1.54, 1.807) is 0 Å². The second-order valence-corrected chi connectivity index (χ2v) is 1.68. The van der Waals surface area contributed by atoms with Crippen LogP contribution in [0.3, 0.4) is 0 Å². The van der Waals surface area contributed by atoms with Gasteiger partial charge in [-0.3, -0.25) is 5.41 Å². The maximum absolute atomic E-state index is 10.5. The normalized spacial score (nSPS) is 10.5. The molecule has 0 fully saturated rings. The minimum atomic E-state index is -0.785. The Morgan fingerprint density at radius 1 is 1.73 bits per heavy atom. The van der Waals surface area contributed by atoms with Crippen molar-refractivity contribution in [2.45, 2.75) is 0 Å². The first-order valence-corrected chi connectivity index (χ1v) is 2.87. The molecule has 0 aliphatic carbocycles. The molecule has 3 N–H and O–H groups in total. The molecule has 62 valence electrons. The van der Waals surface area contributed by atoms with Crippen LogP contribution in [0.2, 0.25) is 0 Å². The lowest BCUT2D eigenvalue weighted by atomic mass is 10.3. The molecule has 0 rings (SSSR count). The van der Waals surface area contributed by atoms with Crippen LogP contribution in [0.4, 0.5) is 0 Å². The van der Waals surface area contributed by atoms with Gasteiger partial charge in [-0.25, -0.2) is 4.79 Å². The van der Waals surface area contributed by atoms with Crippen LogP contribution in [-0.2, 0) is 9.53 Å². The van der Waals surface area contributed by atoms with Gasteiger partial charge in [-0.05, 0) is 0 Å². The molecule has 0 aromatic rings. The third-order valence-corrected chi connectivity index (χ3v) is 0.943. The minimum Gasteiger partial charge on any atom is -0.495 e. The predicted molar refractivity (Wildman–Crippen MR) is 39.5 cm³/mol. The first kappa shape index (κ1) is 9.48. The zero-order valence-corrected chi connectivity index (χ0v) is 6.34. The summed E-state index contributed by atoms with van der Waals surface area (Å²) in [5, 5.41) is 18.1. The number of aliphatic hydroxyl groups excluding tert-OH is 1. The van der Waals surface area contributed by atoms with Gasteiger partial charge < -0.3 is 15.2 Å². The Kier molecular flexibility index (Phi) is 3.72. The van der Waals surface area contributed by atoms with E-state index in [2.05, 4.69) is 10.1 Å². The van der Waals surface area contributed by atoms with Gasteiger partial charge in [0.05, 0.1) is 7.11 Å². The Morgan fingerprint density at radius 2 is 2.27 bits per heavy atom. The highest BCUT2D eigenvalue weighted by atomic mass is 16.5. The Balaban J connectivity index is 4.17. The fourth-order valence-corrected chi connectivity index (χ4v) is 0.378. The highest BCUT2D eigenvalue weighted by Crippen LogP contribution is 1.85. The highest BCUT2D eigenvalue weighted by Gasteiger charge is 2.05. The number of carbonyl (C=O) groups excluding carboxylic acids is 1. The number of hydrogen-bond acceptors (Lipinski definition) is 5. The number of ether oxygens (including phenoxy) is 1. The van der Waals surface area contributed by atoms with Gasteiger partial charge in [-0.1, -0.05) is 0 Å². The lowest BCUT2D eigenvalue weighted by molar-refractivity contribution is -0.132. The number of nitrogens with one attached hydrogen (secondary N) is 2. The van der Waals surface area contributed by atoms with Crippen molar-refractivity contribution >= 4 is 11.7 Å².